The first-order chi connectivity index (χ1) is 21.4. The van der Waals surface area contributed by atoms with Gasteiger partial charge in [-0.3, -0.25) is 9.59 Å². The van der Waals surface area contributed by atoms with Crippen LogP contribution < -0.4 is 10.6 Å². The van der Waals surface area contributed by atoms with Crippen LogP contribution in [0.15, 0.2) is 76.3 Å². The number of furan rings is 1. The minimum absolute atomic E-state index is 0.0511. The Bertz CT molecular complexity index is 1790. The smallest absolute Gasteiger partial charge is 0.389 e. The van der Waals surface area contributed by atoms with Gasteiger partial charge in [0.25, 0.3) is 11.8 Å². The van der Waals surface area contributed by atoms with Crippen molar-refractivity contribution < 1.29 is 36.3 Å². The van der Waals surface area contributed by atoms with E-state index in [1.807, 2.05) is 0 Å². The molecule has 2 amide bonds. The van der Waals surface area contributed by atoms with Crippen LogP contribution in [0.1, 0.15) is 52.1 Å². The number of ether oxygens (including phenoxy) is 1. The van der Waals surface area contributed by atoms with Gasteiger partial charge in [-0.15, -0.1) is 0 Å². The highest BCUT2D eigenvalue weighted by molar-refractivity contribution is 6.11. The number of carbonyl (C=O) groups excluding carboxylic acids is 2. The predicted molar refractivity (Wildman–Crippen MR) is 161 cm³/mol. The Kier molecular flexibility index (Phi) is 8.76. The summed E-state index contributed by atoms with van der Waals surface area (Å²) >= 11 is 0. The van der Waals surface area contributed by atoms with Gasteiger partial charge in [0.05, 0.1) is 35.0 Å². The van der Waals surface area contributed by atoms with E-state index in [0.717, 1.165) is 6.42 Å². The van der Waals surface area contributed by atoms with Crippen molar-refractivity contribution in [1.82, 2.24) is 15.6 Å². The van der Waals surface area contributed by atoms with Gasteiger partial charge >= 0.3 is 6.18 Å². The molecule has 12 heteroatoms. The fourth-order valence-electron chi connectivity index (χ4n) is 5.29. The van der Waals surface area contributed by atoms with Gasteiger partial charge in [0.15, 0.2) is 6.40 Å². The van der Waals surface area contributed by atoms with Crippen LogP contribution in [0.25, 0.3) is 33.6 Å². The van der Waals surface area contributed by atoms with E-state index in [9.17, 15) is 27.2 Å². The van der Waals surface area contributed by atoms with E-state index in [0.29, 0.717) is 35.2 Å². The van der Waals surface area contributed by atoms with Crippen LogP contribution in [0.2, 0.25) is 0 Å². The Morgan fingerprint density at radius 1 is 1.11 bits per heavy atom. The SMILES string of the molecule is C=C(/N=C\OC)C1(NC(=O)c2cccc(-c3cc4c(C(=O)NC)c(-c5ccc(F)cc5)oc4nc3CCC(F)(F)F)c2)CCC1. The van der Waals surface area contributed by atoms with E-state index in [1.165, 1.54) is 44.8 Å². The van der Waals surface area contributed by atoms with Gasteiger partial charge in [-0.05, 0) is 73.7 Å². The number of benzene rings is 2. The Morgan fingerprint density at radius 2 is 1.84 bits per heavy atom. The van der Waals surface area contributed by atoms with Crippen LogP contribution in [0.3, 0.4) is 0 Å². The Hall–Kier alpha value is -5.00. The first kappa shape index (κ1) is 31.4. The number of nitrogens with zero attached hydrogens (tertiary/aromatic N) is 2. The minimum Gasteiger partial charge on any atom is -0.486 e. The lowest BCUT2D eigenvalue weighted by molar-refractivity contribution is -0.134. The van der Waals surface area contributed by atoms with Gasteiger partial charge in [-0.2, -0.15) is 13.2 Å². The van der Waals surface area contributed by atoms with Gasteiger partial charge < -0.3 is 19.8 Å². The number of hydrogen-bond donors (Lipinski definition) is 2. The fraction of sp³-hybridized carbons (Fsp3) is 0.273. The molecule has 5 rings (SSSR count). The molecule has 1 fully saturated rings. The van der Waals surface area contributed by atoms with Crippen molar-refractivity contribution in [2.75, 3.05) is 14.2 Å². The first-order valence-electron chi connectivity index (χ1n) is 14.1. The molecule has 234 valence electrons. The van der Waals surface area contributed by atoms with Crippen molar-refractivity contribution >= 4 is 29.3 Å². The lowest BCUT2D eigenvalue weighted by Gasteiger charge is -2.42. The molecule has 2 aromatic carbocycles. The van der Waals surface area contributed by atoms with Crippen LogP contribution in [-0.2, 0) is 11.2 Å². The maximum atomic E-state index is 13.6. The number of pyridine rings is 1. The Labute approximate surface area is 256 Å². The molecule has 0 radical (unpaired) electrons. The molecule has 0 atom stereocenters. The molecule has 0 aliphatic heterocycles. The Morgan fingerprint density at radius 3 is 2.47 bits per heavy atom. The third-order valence-corrected chi connectivity index (χ3v) is 7.83. The second kappa shape index (κ2) is 12.5. The lowest BCUT2D eigenvalue weighted by Crippen LogP contribution is -2.54. The highest BCUT2D eigenvalue weighted by Gasteiger charge is 2.41. The highest BCUT2D eigenvalue weighted by Crippen LogP contribution is 2.40. The number of methoxy groups -OCH3 is 1. The molecule has 2 N–H and O–H groups in total. The number of halogens is 4. The molecule has 45 heavy (non-hydrogen) atoms. The number of amides is 2. The fourth-order valence-corrected chi connectivity index (χ4v) is 5.29. The molecule has 0 unspecified atom stereocenters. The summed E-state index contributed by atoms with van der Waals surface area (Å²) in [6, 6.07) is 13.2. The number of aromatic nitrogens is 1. The van der Waals surface area contributed by atoms with E-state index < -0.39 is 42.2 Å². The maximum Gasteiger partial charge on any atom is 0.389 e. The van der Waals surface area contributed by atoms with Crippen molar-refractivity contribution in [3.63, 3.8) is 0 Å². The largest absolute Gasteiger partial charge is 0.486 e. The lowest BCUT2D eigenvalue weighted by atomic mass is 9.74. The summed E-state index contributed by atoms with van der Waals surface area (Å²) in [4.78, 5) is 35.1. The van der Waals surface area contributed by atoms with Gasteiger partial charge in [-0.25, -0.2) is 14.4 Å². The second-order valence-corrected chi connectivity index (χ2v) is 10.7. The molecule has 4 aromatic rings. The average molecular weight is 623 g/mol. The van der Waals surface area contributed by atoms with E-state index in [4.69, 9.17) is 9.15 Å². The summed E-state index contributed by atoms with van der Waals surface area (Å²) in [6.45, 7) is 3.98. The molecule has 2 aromatic heterocycles. The number of alkyl halides is 3. The van der Waals surface area contributed by atoms with E-state index in [1.54, 1.807) is 30.3 Å². The second-order valence-electron chi connectivity index (χ2n) is 10.7. The number of hydrogen-bond acceptors (Lipinski definition) is 6. The molecule has 2 heterocycles. The predicted octanol–water partition coefficient (Wildman–Crippen LogP) is 7.00. The molecular weight excluding hydrogens is 592 g/mol. The van der Waals surface area contributed by atoms with Gasteiger partial charge in [0, 0.05) is 30.2 Å². The number of fused-ring (bicyclic) bond motifs is 1. The number of aliphatic imine (C=N–C) groups is 1. The maximum absolute atomic E-state index is 13.6. The topological polar surface area (TPSA) is 106 Å². The zero-order valence-corrected chi connectivity index (χ0v) is 24.6. The first-order valence-corrected chi connectivity index (χ1v) is 14.1. The molecule has 1 saturated carbocycles. The van der Waals surface area contributed by atoms with Crippen LogP contribution in [0.4, 0.5) is 17.6 Å². The standard InChI is InChI=1S/C33H30F4N4O4/c1-19(39-18-44-3)32(13-5-14-32)41-29(42)22-7-4-6-21(16-22)24-17-25-27(30(43)38-2)28(20-8-10-23(34)11-9-20)45-31(25)40-26(24)12-15-33(35,36)37/h4,6-11,16-18H,1,5,12-15H2,2-3H3,(H,38,43)(H,41,42)/b39-18-. The summed E-state index contributed by atoms with van der Waals surface area (Å²) in [5.74, 6) is -1.35. The number of rotatable bonds is 10. The normalized spacial score (nSPS) is 14.3. The average Bonchev–Trinajstić information content (AvgIpc) is 3.38. The number of carbonyl (C=O) groups is 2. The van der Waals surface area contributed by atoms with Crippen LogP contribution in [0, 0.1) is 5.82 Å². The summed E-state index contributed by atoms with van der Waals surface area (Å²) in [7, 11) is 2.88. The van der Waals surface area contributed by atoms with E-state index in [2.05, 4.69) is 27.2 Å². The number of aryl methyl sites for hydroxylation is 1. The van der Waals surface area contributed by atoms with Crippen LogP contribution >= 0.6 is 0 Å². The van der Waals surface area contributed by atoms with Gasteiger partial charge in [0.1, 0.15) is 11.6 Å². The van der Waals surface area contributed by atoms with E-state index in [-0.39, 0.29) is 33.7 Å². The van der Waals surface area contributed by atoms with Crippen molar-refractivity contribution in [2.24, 2.45) is 4.99 Å². The molecular formula is C33H30F4N4O4. The summed E-state index contributed by atoms with van der Waals surface area (Å²) in [6.07, 6.45) is -2.71. The molecule has 0 bridgehead atoms. The van der Waals surface area contributed by atoms with Crippen molar-refractivity contribution in [3.8, 4) is 22.5 Å². The molecule has 0 spiro atoms. The minimum atomic E-state index is -4.46. The third-order valence-electron chi connectivity index (χ3n) is 7.83. The summed E-state index contributed by atoms with van der Waals surface area (Å²) < 4.78 is 64.5. The van der Waals surface area contributed by atoms with Gasteiger partial charge in [0.2, 0.25) is 5.71 Å². The van der Waals surface area contributed by atoms with Crippen LogP contribution in [-0.4, -0.2) is 49.1 Å². The van der Waals surface area contributed by atoms with Crippen molar-refractivity contribution in [3.05, 3.63) is 89.5 Å². The molecule has 1 aliphatic carbocycles. The van der Waals surface area contributed by atoms with Gasteiger partial charge in [-0.1, -0.05) is 18.7 Å². The summed E-state index contributed by atoms with van der Waals surface area (Å²) in [5, 5.41) is 5.81. The van der Waals surface area contributed by atoms with Crippen molar-refractivity contribution in [2.45, 2.75) is 43.8 Å². The van der Waals surface area contributed by atoms with Crippen LogP contribution in [0.5, 0.6) is 0 Å². The quantitative estimate of drug-likeness (QED) is 0.113. The monoisotopic (exact) mass is 622 g/mol. The zero-order chi connectivity index (χ0) is 32.4. The Balaban J connectivity index is 1.61. The highest BCUT2D eigenvalue weighted by atomic mass is 19.4. The molecule has 1 aliphatic rings. The number of nitrogens with one attached hydrogen (secondary N) is 2. The molecule has 8 nitrogen and oxygen atoms in total. The van der Waals surface area contributed by atoms with Crippen molar-refractivity contribution in [1.29, 1.82) is 0 Å². The molecule has 0 saturated heterocycles. The third kappa shape index (κ3) is 6.59. The van der Waals surface area contributed by atoms with E-state index >= 15 is 0 Å². The zero-order valence-electron chi connectivity index (χ0n) is 24.6. The summed E-state index contributed by atoms with van der Waals surface area (Å²) in [5.41, 5.74) is 1.17.